The number of H-pyrrole nitrogens is 1. The summed E-state index contributed by atoms with van der Waals surface area (Å²) in [6.45, 7) is 6.71. The van der Waals surface area contributed by atoms with Crippen LogP contribution < -0.4 is 10.2 Å². The molecule has 0 unspecified atom stereocenters. The number of nitrogens with one attached hydrogen (secondary N) is 1. The number of thiophene rings is 1. The number of hydrogen-bond donors (Lipinski definition) is 1. The minimum atomic E-state index is -0.103. The first-order chi connectivity index (χ1) is 14.5. The maximum Gasteiger partial charge on any atom is 0.223 e. The van der Waals surface area contributed by atoms with Crippen molar-refractivity contribution in [2.24, 2.45) is 5.92 Å². The number of aryl methyl sites for hydroxylation is 1. The van der Waals surface area contributed by atoms with Gasteiger partial charge >= 0.3 is 0 Å². The molecule has 3 heterocycles. The number of aromatic nitrogens is 3. The zero-order valence-electron chi connectivity index (χ0n) is 17.1. The lowest BCUT2D eigenvalue weighted by molar-refractivity contribution is 0.268. The Morgan fingerprint density at radius 1 is 1.20 bits per heavy atom. The summed E-state index contributed by atoms with van der Waals surface area (Å²) in [6.07, 6.45) is 3.25. The maximum atomic E-state index is 12.3. The van der Waals surface area contributed by atoms with Crippen LogP contribution in [0.1, 0.15) is 25.1 Å². The Hall–Kier alpha value is -2.64. The molecule has 4 rings (SSSR count). The molecule has 30 heavy (non-hydrogen) atoms. The molecule has 3 aromatic heterocycles. The zero-order valence-corrected chi connectivity index (χ0v) is 18.8. The summed E-state index contributed by atoms with van der Waals surface area (Å²) in [5.41, 5.74) is 4.26. The van der Waals surface area contributed by atoms with E-state index in [1.165, 1.54) is 5.56 Å². The lowest BCUT2D eigenvalue weighted by atomic mass is 10.1. The summed E-state index contributed by atoms with van der Waals surface area (Å²) in [7, 11) is 0. The third kappa shape index (κ3) is 4.57. The highest BCUT2D eigenvalue weighted by Gasteiger charge is 2.14. The van der Waals surface area contributed by atoms with Gasteiger partial charge in [-0.05, 0) is 18.4 Å². The first-order valence-corrected chi connectivity index (χ1v) is 11.6. The van der Waals surface area contributed by atoms with Gasteiger partial charge in [-0.15, -0.1) is 11.3 Å². The minimum Gasteiger partial charge on any atom is -0.488 e. The summed E-state index contributed by atoms with van der Waals surface area (Å²) in [6, 6.07) is 10.1. The molecule has 4 aromatic rings. The van der Waals surface area contributed by atoms with E-state index in [1.807, 2.05) is 0 Å². The average Bonchev–Trinajstić information content (AvgIpc) is 3.17. The third-order valence-corrected chi connectivity index (χ3v) is 6.50. The lowest BCUT2D eigenvalue weighted by Crippen LogP contribution is -2.13. The Morgan fingerprint density at radius 2 is 2.00 bits per heavy atom. The van der Waals surface area contributed by atoms with E-state index in [9.17, 15) is 4.79 Å². The maximum absolute atomic E-state index is 12.3. The second-order valence-electron chi connectivity index (χ2n) is 7.55. The van der Waals surface area contributed by atoms with Crippen molar-refractivity contribution in [1.29, 1.82) is 0 Å². The summed E-state index contributed by atoms with van der Waals surface area (Å²) < 4.78 is 5.57. The molecule has 5 nitrogen and oxygen atoms in total. The predicted molar refractivity (Wildman–Crippen MR) is 125 cm³/mol. The monoisotopic (exact) mass is 437 g/mol. The number of ether oxygens (including phenoxy) is 1. The summed E-state index contributed by atoms with van der Waals surface area (Å²) in [5.74, 6) is 1.34. The van der Waals surface area contributed by atoms with Crippen molar-refractivity contribution in [1.82, 2.24) is 15.0 Å². The van der Waals surface area contributed by atoms with E-state index in [4.69, 9.17) is 4.74 Å². The van der Waals surface area contributed by atoms with Gasteiger partial charge in [0.25, 0.3) is 0 Å². The predicted octanol–water partition coefficient (Wildman–Crippen LogP) is 5.68. The van der Waals surface area contributed by atoms with Gasteiger partial charge in [0.15, 0.2) is 5.75 Å². The number of benzene rings is 1. The molecule has 7 heteroatoms. The molecular formula is C23H23N3O2S2. The van der Waals surface area contributed by atoms with E-state index >= 15 is 0 Å². The highest BCUT2D eigenvalue weighted by Crippen LogP contribution is 2.38. The number of thioether (sulfide) groups is 1. The highest BCUT2D eigenvalue weighted by atomic mass is 32.2. The van der Waals surface area contributed by atoms with E-state index in [2.05, 4.69) is 65.4 Å². The van der Waals surface area contributed by atoms with Gasteiger partial charge in [-0.3, -0.25) is 4.79 Å². The molecule has 0 spiro atoms. The van der Waals surface area contributed by atoms with Gasteiger partial charge in [-0.25, -0.2) is 9.97 Å². The van der Waals surface area contributed by atoms with Crippen LogP contribution in [-0.4, -0.2) is 21.6 Å². The number of pyridine rings is 1. The van der Waals surface area contributed by atoms with Crippen molar-refractivity contribution < 1.29 is 4.74 Å². The molecule has 0 aliphatic carbocycles. The smallest absolute Gasteiger partial charge is 0.223 e. The molecule has 0 atom stereocenters. The fourth-order valence-corrected chi connectivity index (χ4v) is 4.91. The van der Waals surface area contributed by atoms with Crippen LogP contribution in [0.5, 0.6) is 5.75 Å². The molecule has 0 fully saturated rings. The molecular weight excluding hydrogens is 414 g/mol. The number of aromatic amines is 1. The Kier molecular flexibility index (Phi) is 6.20. The summed E-state index contributed by atoms with van der Waals surface area (Å²) >= 11 is 3.22. The Balaban J connectivity index is 1.57. The second-order valence-corrected chi connectivity index (χ2v) is 9.38. The van der Waals surface area contributed by atoms with E-state index in [0.717, 1.165) is 32.1 Å². The fraction of sp³-hybridized carbons (Fsp3) is 0.261. The molecule has 0 bridgehead atoms. The molecule has 0 radical (unpaired) electrons. The van der Waals surface area contributed by atoms with Gasteiger partial charge in [0, 0.05) is 34.7 Å². The number of rotatable bonds is 7. The molecule has 0 aliphatic rings. The van der Waals surface area contributed by atoms with E-state index in [1.54, 1.807) is 41.7 Å². The number of fused-ring (bicyclic) bond motifs is 1. The SMILES string of the molecule is Cc1ccc(-c2csc3ncnc(SCc4cc(=O)c(OCC(C)C)c[nH]4)c23)cc1. The Labute approximate surface area is 183 Å². The lowest BCUT2D eigenvalue weighted by Gasteiger charge is -2.09. The second kappa shape index (κ2) is 9.02. The van der Waals surface area contributed by atoms with Gasteiger partial charge in [-0.2, -0.15) is 0 Å². The van der Waals surface area contributed by atoms with Crippen LogP contribution in [0.3, 0.4) is 0 Å². The van der Waals surface area contributed by atoms with Crippen molar-refractivity contribution >= 4 is 33.3 Å². The van der Waals surface area contributed by atoms with E-state index in [-0.39, 0.29) is 5.43 Å². The topological polar surface area (TPSA) is 67.9 Å². The normalized spacial score (nSPS) is 11.3. The van der Waals surface area contributed by atoms with Crippen LogP contribution in [-0.2, 0) is 5.75 Å². The molecule has 0 aliphatic heterocycles. The standard InChI is InChI=1S/C23H23N3O2S2/c1-14(2)10-28-20-9-24-17(8-19(20)27)11-29-22-21-18(12-30-23(21)26-13-25-22)16-6-4-15(3)5-7-16/h4-9,12-14H,10-11H2,1-3H3,(H,24,27). The molecule has 0 saturated heterocycles. The van der Waals surface area contributed by atoms with Crippen molar-refractivity contribution in [3.8, 4) is 16.9 Å². The highest BCUT2D eigenvalue weighted by molar-refractivity contribution is 7.98. The molecule has 154 valence electrons. The largest absolute Gasteiger partial charge is 0.488 e. The van der Waals surface area contributed by atoms with Crippen LogP contribution in [0, 0.1) is 12.8 Å². The van der Waals surface area contributed by atoms with Gasteiger partial charge in [0.1, 0.15) is 16.2 Å². The molecule has 0 saturated carbocycles. The fourth-order valence-electron chi connectivity index (χ4n) is 3.00. The van der Waals surface area contributed by atoms with E-state index in [0.29, 0.717) is 24.0 Å². The first-order valence-electron chi connectivity index (χ1n) is 9.77. The van der Waals surface area contributed by atoms with Crippen LogP contribution in [0.25, 0.3) is 21.3 Å². The van der Waals surface area contributed by atoms with Crippen molar-refractivity contribution in [2.75, 3.05) is 6.61 Å². The van der Waals surface area contributed by atoms with Gasteiger partial charge in [-0.1, -0.05) is 55.4 Å². The zero-order chi connectivity index (χ0) is 21.1. The van der Waals surface area contributed by atoms with Crippen molar-refractivity contribution in [3.63, 3.8) is 0 Å². The summed E-state index contributed by atoms with van der Waals surface area (Å²) in [4.78, 5) is 25.4. The molecule has 1 aromatic carbocycles. The van der Waals surface area contributed by atoms with Crippen molar-refractivity contribution in [2.45, 2.75) is 31.6 Å². The van der Waals surface area contributed by atoms with Crippen LogP contribution in [0.2, 0.25) is 0 Å². The Morgan fingerprint density at radius 3 is 2.73 bits per heavy atom. The van der Waals surface area contributed by atoms with Crippen LogP contribution >= 0.6 is 23.1 Å². The number of hydrogen-bond acceptors (Lipinski definition) is 6. The summed E-state index contributed by atoms with van der Waals surface area (Å²) in [5, 5.41) is 4.12. The van der Waals surface area contributed by atoms with Crippen molar-refractivity contribution in [3.05, 3.63) is 69.7 Å². The average molecular weight is 438 g/mol. The molecule has 0 amide bonds. The van der Waals surface area contributed by atoms with Gasteiger partial charge < -0.3 is 9.72 Å². The third-order valence-electron chi connectivity index (χ3n) is 4.57. The molecule has 1 N–H and O–H groups in total. The first kappa shape index (κ1) is 20.6. The van der Waals surface area contributed by atoms with Crippen LogP contribution in [0.4, 0.5) is 0 Å². The minimum absolute atomic E-state index is 0.103. The van der Waals surface area contributed by atoms with Crippen LogP contribution in [0.15, 0.2) is 58.1 Å². The van der Waals surface area contributed by atoms with Gasteiger partial charge in [0.05, 0.1) is 12.0 Å². The Bertz CT molecular complexity index is 1210. The van der Waals surface area contributed by atoms with Gasteiger partial charge in [0.2, 0.25) is 5.43 Å². The van der Waals surface area contributed by atoms with E-state index < -0.39 is 0 Å². The number of nitrogens with zero attached hydrogens (tertiary/aromatic N) is 2. The quantitative estimate of drug-likeness (QED) is 0.297.